The number of aromatic nitrogens is 2. The summed E-state index contributed by atoms with van der Waals surface area (Å²) in [6, 6.07) is 7.46. The maximum absolute atomic E-state index is 12.4. The van der Waals surface area contributed by atoms with Crippen molar-refractivity contribution in [3.8, 4) is 16.3 Å². The van der Waals surface area contributed by atoms with E-state index in [9.17, 15) is 4.79 Å². The molecule has 2 fully saturated rings. The van der Waals surface area contributed by atoms with Gasteiger partial charge in [0.15, 0.2) is 0 Å². The van der Waals surface area contributed by atoms with E-state index in [1.807, 2.05) is 24.3 Å². The van der Waals surface area contributed by atoms with E-state index in [1.165, 1.54) is 11.3 Å². The second-order valence-corrected chi connectivity index (χ2v) is 6.91. The number of ether oxygens (including phenoxy) is 2. The van der Waals surface area contributed by atoms with Crippen LogP contribution >= 0.6 is 11.3 Å². The zero-order valence-corrected chi connectivity index (χ0v) is 14.1. The third-order valence-electron chi connectivity index (χ3n) is 4.31. The molecule has 0 spiro atoms. The van der Waals surface area contributed by atoms with Crippen molar-refractivity contribution in [3.05, 3.63) is 24.3 Å². The van der Waals surface area contributed by atoms with E-state index in [0.29, 0.717) is 18.2 Å². The summed E-state index contributed by atoms with van der Waals surface area (Å²) in [6.07, 6.45) is 2.43. The lowest BCUT2D eigenvalue weighted by Crippen LogP contribution is -2.47. The van der Waals surface area contributed by atoms with Crippen LogP contribution in [0.5, 0.6) is 5.75 Å². The highest BCUT2D eigenvalue weighted by Crippen LogP contribution is 2.29. The summed E-state index contributed by atoms with van der Waals surface area (Å²) in [6.45, 7) is 1.29. The minimum absolute atomic E-state index is 0.132. The molecule has 2 aromatic rings. The highest BCUT2D eigenvalue weighted by molar-refractivity contribution is 7.18. The monoisotopic (exact) mass is 346 g/mol. The van der Waals surface area contributed by atoms with E-state index in [0.717, 1.165) is 29.2 Å². The zero-order valence-electron chi connectivity index (χ0n) is 13.3. The molecule has 8 heteroatoms. The van der Waals surface area contributed by atoms with Crippen molar-refractivity contribution in [2.24, 2.45) is 0 Å². The van der Waals surface area contributed by atoms with Gasteiger partial charge in [0.1, 0.15) is 10.8 Å². The molecule has 24 heavy (non-hydrogen) atoms. The average molecular weight is 346 g/mol. The Bertz CT molecular complexity index is 721. The number of urea groups is 1. The van der Waals surface area contributed by atoms with Crippen molar-refractivity contribution in [1.82, 2.24) is 15.1 Å². The van der Waals surface area contributed by atoms with Crippen molar-refractivity contribution in [2.45, 2.75) is 25.0 Å². The van der Waals surface area contributed by atoms with Crippen LogP contribution in [-0.4, -0.2) is 53.5 Å². The van der Waals surface area contributed by atoms with Gasteiger partial charge in [-0.15, -0.1) is 10.2 Å². The first-order valence-electron chi connectivity index (χ1n) is 7.90. The third kappa shape index (κ3) is 3.07. The summed E-state index contributed by atoms with van der Waals surface area (Å²) in [5, 5.41) is 12.3. The number of hydrogen-bond acceptors (Lipinski definition) is 6. The summed E-state index contributed by atoms with van der Waals surface area (Å²) in [7, 11) is 1.63. The molecule has 1 aromatic heterocycles. The van der Waals surface area contributed by atoms with E-state index in [-0.39, 0.29) is 18.2 Å². The first-order valence-corrected chi connectivity index (χ1v) is 8.72. The minimum Gasteiger partial charge on any atom is -0.497 e. The van der Waals surface area contributed by atoms with Crippen molar-refractivity contribution in [3.63, 3.8) is 0 Å². The second-order valence-electron chi connectivity index (χ2n) is 5.93. The molecule has 2 aliphatic rings. The summed E-state index contributed by atoms with van der Waals surface area (Å²) in [5.41, 5.74) is 0.943. The lowest BCUT2D eigenvalue weighted by molar-refractivity contribution is -0.0219. The number of likely N-dealkylation sites (tertiary alicyclic amines) is 1. The molecule has 2 amide bonds. The van der Waals surface area contributed by atoms with Crippen molar-refractivity contribution in [1.29, 1.82) is 0 Å². The molecule has 0 saturated carbocycles. The average Bonchev–Trinajstić information content (AvgIpc) is 3.21. The van der Waals surface area contributed by atoms with Crippen LogP contribution in [0.2, 0.25) is 0 Å². The van der Waals surface area contributed by atoms with Crippen LogP contribution in [0.3, 0.4) is 0 Å². The number of amides is 2. The summed E-state index contributed by atoms with van der Waals surface area (Å²) in [5.74, 6) is 0.790. The van der Waals surface area contributed by atoms with Crippen molar-refractivity contribution in [2.75, 3.05) is 25.5 Å². The first kappa shape index (κ1) is 15.3. The fourth-order valence-electron chi connectivity index (χ4n) is 3.08. The number of carbonyl (C=O) groups excluding carboxylic acids is 1. The topological polar surface area (TPSA) is 76.6 Å². The number of nitrogens with zero attached hydrogens (tertiary/aromatic N) is 3. The Morgan fingerprint density at radius 1 is 1.25 bits per heavy atom. The van der Waals surface area contributed by atoms with Gasteiger partial charge in [0.2, 0.25) is 5.13 Å². The Kier molecular flexibility index (Phi) is 4.07. The zero-order chi connectivity index (χ0) is 16.5. The Hall–Kier alpha value is -2.19. The van der Waals surface area contributed by atoms with Crippen molar-refractivity contribution < 1.29 is 14.3 Å². The lowest BCUT2D eigenvalue weighted by atomic mass is 10.2. The maximum atomic E-state index is 12.4. The molecule has 0 unspecified atom stereocenters. The highest BCUT2D eigenvalue weighted by Gasteiger charge is 2.35. The van der Waals surface area contributed by atoms with Gasteiger partial charge < -0.3 is 14.4 Å². The molecular formula is C16H18N4O3S. The van der Waals surface area contributed by atoms with Gasteiger partial charge in [-0.2, -0.15) is 0 Å². The summed E-state index contributed by atoms with van der Waals surface area (Å²) < 4.78 is 10.9. The molecule has 1 aromatic carbocycles. The standard InChI is InChI=1S/C16H18N4O3S/c1-22-11-4-2-10(3-5-11)14-18-19-15(24-14)17-16(21)20-8-12-6-7-13(9-20)23-12/h2-5,12-13H,6-9H2,1H3,(H,17,19,21)/t12-,13+. The SMILES string of the molecule is COc1ccc(-c2nnc(NC(=O)N3C[C@H]4CC[C@@H](C3)O4)s2)cc1. The smallest absolute Gasteiger partial charge is 0.323 e. The number of benzene rings is 1. The van der Waals surface area contributed by atoms with Crippen LogP contribution in [0.25, 0.3) is 10.6 Å². The largest absolute Gasteiger partial charge is 0.497 e. The molecule has 2 bridgehead atoms. The summed E-state index contributed by atoms with van der Waals surface area (Å²) in [4.78, 5) is 14.2. The van der Waals surface area contributed by atoms with Crippen LogP contribution < -0.4 is 10.1 Å². The fraction of sp³-hybridized carbons (Fsp3) is 0.438. The van der Waals surface area contributed by atoms with Crippen molar-refractivity contribution >= 4 is 22.5 Å². The molecule has 7 nitrogen and oxygen atoms in total. The van der Waals surface area contributed by atoms with Gasteiger partial charge >= 0.3 is 6.03 Å². The number of anilines is 1. The van der Waals surface area contributed by atoms with Gasteiger partial charge in [-0.1, -0.05) is 11.3 Å². The number of fused-ring (bicyclic) bond motifs is 2. The molecule has 1 N–H and O–H groups in total. The minimum atomic E-state index is -0.132. The fourth-order valence-corrected chi connectivity index (χ4v) is 3.81. The lowest BCUT2D eigenvalue weighted by Gasteiger charge is -2.31. The van der Waals surface area contributed by atoms with E-state index in [2.05, 4.69) is 15.5 Å². The molecule has 2 saturated heterocycles. The number of nitrogens with one attached hydrogen (secondary N) is 1. The van der Waals surface area contributed by atoms with Crippen LogP contribution in [0, 0.1) is 0 Å². The predicted octanol–water partition coefficient (Wildman–Crippen LogP) is 2.61. The molecule has 3 heterocycles. The van der Waals surface area contributed by atoms with Crippen LogP contribution in [0.4, 0.5) is 9.93 Å². The van der Waals surface area contributed by atoms with E-state index in [4.69, 9.17) is 9.47 Å². The molecular weight excluding hydrogens is 328 g/mol. The Morgan fingerprint density at radius 2 is 1.96 bits per heavy atom. The highest BCUT2D eigenvalue weighted by atomic mass is 32.1. The van der Waals surface area contributed by atoms with Crippen LogP contribution in [-0.2, 0) is 4.74 Å². The van der Waals surface area contributed by atoms with Crippen LogP contribution in [0.15, 0.2) is 24.3 Å². The summed E-state index contributed by atoms with van der Waals surface area (Å²) >= 11 is 1.36. The van der Waals surface area contributed by atoms with Gasteiger partial charge in [0, 0.05) is 18.7 Å². The Labute approximate surface area is 143 Å². The van der Waals surface area contributed by atoms with Gasteiger partial charge in [-0.05, 0) is 37.1 Å². The Balaban J connectivity index is 1.42. The number of morpholine rings is 1. The molecule has 126 valence electrons. The number of rotatable bonds is 3. The number of carbonyl (C=O) groups is 1. The molecule has 2 atom stereocenters. The third-order valence-corrected chi connectivity index (χ3v) is 5.19. The number of hydrogen-bond donors (Lipinski definition) is 1. The van der Waals surface area contributed by atoms with Gasteiger partial charge in [-0.25, -0.2) is 4.79 Å². The first-order chi connectivity index (χ1) is 11.7. The number of methoxy groups -OCH3 is 1. The van der Waals surface area contributed by atoms with Gasteiger partial charge in [0.05, 0.1) is 19.3 Å². The molecule has 4 rings (SSSR count). The molecule has 0 aliphatic carbocycles. The van der Waals surface area contributed by atoms with E-state index < -0.39 is 0 Å². The quantitative estimate of drug-likeness (QED) is 0.924. The maximum Gasteiger partial charge on any atom is 0.323 e. The second kappa shape index (κ2) is 6.37. The van der Waals surface area contributed by atoms with E-state index >= 15 is 0 Å². The molecule has 0 radical (unpaired) electrons. The predicted molar refractivity (Wildman–Crippen MR) is 90.4 cm³/mol. The van der Waals surface area contributed by atoms with Crippen LogP contribution in [0.1, 0.15) is 12.8 Å². The normalized spacial score (nSPS) is 22.5. The van der Waals surface area contributed by atoms with Gasteiger partial charge in [0.25, 0.3) is 0 Å². The van der Waals surface area contributed by atoms with Gasteiger partial charge in [-0.3, -0.25) is 5.32 Å². The molecule has 2 aliphatic heterocycles. The Morgan fingerprint density at radius 3 is 2.62 bits per heavy atom. The van der Waals surface area contributed by atoms with E-state index in [1.54, 1.807) is 12.0 Å².